The molecule has 0 aliphatic heterocycles. The van der Waals surface area contributed by atoms with Gasteiger partial charge in [0.25, 0.3) is 12.0 Å². The molecule has 1 aliphatic carbocycles. The van der Waals surface area contributed by atoms with Gasteiger partial charge in [0.15, 0.2) is 0 Å². The molecule has 1 aliphatic rings. The van der Waals surface area contributed by atoms with Crippen LogP contribution in [0.5, 0.6) is 5.75 Å². The highest BCUT2D eigenvalue weighted by Gasteiger charge is 2.23. The largest absolute Gasteiger partial charge is 0.486 e. The zero-order valence-corrected chi connectivity index (χ0v) is 20.5. The molecule has 0 fully saturated rings. The minimum absolute atomic E-state index is 0.0391. The second kappa shape index (κ2) is 10.0. The molecule has 1 aromatic carbocycles. The van der Waals surface area contributed by atoms with E-state index in [4.69, 9.17) is 4.74 Å². The van der Waals surface area contributed by atoms with Gasteiger partial charge in [-0.05, 0) is 58.1 Å². The van der Waals surface area contributed by atoms with Crippen molar-refractivity contribution < 1.29 is 18.3 Å². The number of carbonyl (C=O) groups excluding carboxylic acids is 1. The molecule has 0 bridgehead atoms. The number of halogens is 2. The second-order valence-electron chi connectivity index (χ2n) is 9.91. The van der Waals surface area contributed by atoms with Crippen LogP contribution < -0.4 is 15.6 Å². The van der Waals surface area contributed by atoms with E-state index < -0.39 is 18.6 Å². The Morgan fingerprint density at radius 3 is 2.67 bits per heavy atom. The molecular formula is C25H28F2N6O3. The topological polar surface area (TPSA) is 126 Å². The quantitative estimate of drug-likeness (QED) is 0.516. The molecule has 190 valence electrons. The van der Waals surface area contributed by atoms with Gasteiger partial charge in [0.05, 0.1) is 28.7 Å². The van der Waals surface area contributed by atoms with Gasteiger partial charge in [0, 0.05) is 17.2 Å². The normalized spacial score (nSPS) is 13.5. The summed E-state index contributed by atoms with van der Waals surface area (Å²) >= 11 is 0. The molecule has 2 aromatic heterocycles. The van der Waals surface area contributed by atoms with E-state index in [0.29, 0.717) is 41.0 Å². The van der Waals surface area contributed by atoms with Crippen LogP contribution in [0.25, 0.3) is 11.0 Å². The van der Waals surface area contributed by atoms with Gasteiger partial charge in [-0.1, -0.05) is 0 Å². The lowest BCUT2D eigenvalue weighted by atomic mass is 9.91. The van der Waals surface area contributed by atoms with Crippen LogP contribution in [-0.2, 0) is 30.6 Å². The summed E-state index contributed by atoms with van der Waals surface area (Å²) in [6.45, 7) is 4.58. The third-order valence-corrected chi connectivity index (χ3v) is 5.81. The third-order valence-electron chi connectivity index (χ3n) is 5.81. The second-order valence-corrected chi connectivity index (χ2v) is 9.91. The zero-order valence-electron chi connectivity index (χ0n) is 20.5. The Morgan fingerprint density at radius 1 is 1.28 bits per heavy atom. The maximum Gasteiger partial charge on any atom is 0.272 e. The number of carbonyl (C=O) groups is 1. The van der Waals surface area contributed by atoms with Crippen LogP contribution in [0, 0.1) is 11.3 Å². The summed E-state index contributed by atoms with van der Waals surface area (Å²) in [4.78, 5) is 33.3. The van der Waals surface area contributed by atoms with Crippen LogP contribution in [-0.4, -0.2) is 44.2 Å². The number of fused-ring (bicyclic) bond motifs is 2. The minimum Gasteiger partial charge on any atom is -0.486 e. The van der Waals surface area contributed by atoms with E-state index in [1.54, 1.807) is 0 Å². The van der Waals surface area contributed by atoms with Crippen molar-refractivity contribution in [1.29, 1.82) is 5.26 Å². The van der Waals surface area contributed by atoms with Gasteiger partial charge in [0.2, 0.25) is 5.91 Å². The summed E-state index contributed by atoms with van der Waals surface area (Å²) in [5.74, 6) is 0.268. The van der Waals surface area contributed by atoms with Gasteiger partial charge in [-0.2, -0.15) is 10.4 Å². The molecule has 1 amide bonds. The highest BCUT2D eigenvalue weighted by Crippen LogP contribution is 2.27. The van der Waals surface area contributed by atoms with E-state index in [9.17, 15) is 23.6 Å². The van der Waals surface area contributed by atoms with E-state index in [1.165, 1.54) is 16.8 Å². The molecule has 0 atom stereocenters. The fraction of sp³-hybridized carbons (Fsp3) is 0.480. The van der Waals surface area contributed by atoms with Crippen molar-refractivity contribution >= 4 is 16.9 Å². The number of nitrogens with zero attached hydrogens (tertiary/aromatic N) is 4. The van der Waals surface area contributed by atoms with Crippen molar-refractivity contribution in [2.45, 2.75) is 71.4 Å². The molecule has 2 heterocycles. The molecule has 0 saturated heterocycles. The van der Waals surface area contributed by atoms with Crippen molar-refractivity contribution in [3.05, 3.63) is 50.7 Å². The molecule has 2 N–H and O–H groups in total. The molecule has 4 rings (SSSR count). The first-order valence-electron chi connectivity index (χ1n) is 11.8. The van der Waals surface area contributed by atoms with Crippen molar-refractivity contribution in [3.63, 3.8) is 0 Å². The summed E-state index contributed by atoms with van der Waals surface area (Å²) in [5.41, 5.74) is 2.66. The number of nitrogens with one attached hydrogen (secondary N) is 2. The predicted molar refractivity (Wildman–Crippen MR) is 128 cm³/mol. The van der Waals surface area contributed by atoms with Gasteiger partial charge in [-0.25, -0.2) is 18.4 Å². The molecule has 0 radical (unpaired) electrons. The number of ether oxygens (including phenoxy) is 1. The number of H-pyrrole nitrogens is 1. The third kappa shape index (κ3) is 5.70. The lowest BCUT2D eigenvalue weighted by Crippen LogP contribution is -2.44. The van der Waals surface area contributed by atoms with Gasteiger partial charge < -0.3 is 15.0 Å². The summed E-state index contributed by atoms with van der Waals surface area (Å²) < 4.78 is 31.5. The van der Waals surface area contributed by atoms with Crippen LogP contribution in [0.15, 0.2) is 16.9 Å². The van der Waals surface area contributed by atoms with Gasteiger partial charge in [-0.3, -0.25) is 9.59 Å². The highest BCUT2D eigenvalue weighted by atomic mass is 19.3. The van der Waals surface area contributed by atoms with Crippen molar-refractivity contribution in [2.24, 2.45) is 0 Å². The predicted octanol–water partition coefficient (Wildman–Crippen LogP) is 3.02. The Hall–Kier alpha value is -3.81. The van der Waals surface area contributed by atoms with Gasteiger partial charge in [0.1, 0.15) is 30.8 Å². The number of hydrogen-bond donors (Lipinski definition) is 2. The molecule has 11 heteroatoms. The van der Waals surface area contributed by atoms with Crippen LogP contribution >= 0.6 is 0 Å². The molecular weight excluding hydrogens is 470 g/mol. The Bertz CT molecular complexity index is 1400. The minimum atomic E-state index is -2.67. The number of aromatic amines is 1. The average Bonchev–Trinajstić information content (AvgIpc) is 3.19. The fourth-order valence-corrected chi connectivity index (χ4v) is 4.40. The van der Waals surface area contributed by atoms with E-state index >= 15 is 0 Å². The first-order chi connectivity index (χ1) is 17.0. The fourth-order valence-electron chi connectivity index (χ4n) is 4.40. The lowest BCUT2D eigenvalue weighted by molar-refractivity contribution is -0.123. The summed E-state index contributed by atoms with van der Waals surface area (Å²) in [5, 5.41) is 16.8. The monoisotopic (exact) mass is 498 g/mol. The Labute approximate surface area is 206 Å². The molecule has 0 saturated carbocycles. The summed E-state index contributed by atoms with van der Waals surface area (Å²) in [6, 6.07) is 4.92. The number of benzene rings is 1. The SMILES string of the molecule is CC(C)(C)NC(=O)Cn1nc(Cc2nc3cc(OCC(F)F)c(C#N)cc3[nH]2)c2c(c1=O)CCCC2. The number of imidazole rings is 1. The maximum absolute atomic E-state index is 13.1. The van der Waals surface area contributed by atoms with E-state index in [2.05, 4.69) is 20.4 Å². The summed E-state index contributed by atoms with van der Waals surface area (Å²) in [6.07, 6.45) is 0.774. The molecule has 0 unspecified atom stereocenters. The number of hydrogen-bond acceptors (Lipinski definition) is 6. The van der Waals surface area contributed by atoms with Crippen molar-refractivity contribution in [2.75, 3.05) is 6.61 Å². The number of amides is 1. The summed E-state index contributed by atoms with van der Waals surface area (Å²) in [7, 11) is 0. The number of nitriles is 1. The molecule has 36 heavy (non-hydrogen) atoms. The standard InChI is InChI=1S/C25H28F2N6O3/c1-25(2,3)31-23(34)12-33-24(35)16-7-5-4-6-15(16)17(32-33)10-22-29-18-8-14(11-28)20(9-19(18)30-22)36-13-21(26)27/h8-9,21H,4-7,10,12-13H2,1-3H3,(H,29,30)(H,31,34). The van der Waals surface area contributed by atoms with Gasteiger partial charge >= 0.3 is 0 Å². The highest BCUT2D eigenvalue weighted by molar-refractivity contribution is 5.79. The average molecular weight is 499 g/mol. The Kier molecular flexibility index (Phi) is 7.06. The lowest BCUT2D eigenvalue weighted by Gasteiger charge is -2.22. The number of aromatic nitrogens is 4. The maximum atomic E-state index is 13.1. The van der Waals surface area contributed by atoms with Crippen molar-refractivity contribution in [1.82, 2.24) is 25.1 Å². The Balaban J connectivity index is 1.68. The molecule has 0 spiro atoms. The molecule has 3 aromatic rings. The van der Waals surface area contributed by atoms with Gasteiger partial charge in [-0.15, -0.1) is 0 Å². The first-order valence-corrected chi connectivity index (χ1v) is 11.8. The van der Waals surface area contributed by atoms with Crippen molar-refractivity contribution in [3.8, 4) is 11.8 Å². The number of alkyl halides is 2. The molecule has 9 nitrogen and oxygen atoms in total. The zero-order chi connectivity index (χ0) is 26.0. The Morgan fingerprint density at radius 2 is 2.00 bits per heavy atom. The van der Waals surface area contributed by atoms with E-state index in [0.717, 1.165) is 18.4 Å². The van der Waals surface area contributed by atoms with E-state index in [-0.39, 0.29) is 35.7 Å². The smallest absolute Gasteiger partial charge is 0.272 e. The number of rotatable bonds is 7. The first kappa shape index (κ1) is 25.3. The van der Waals surface area contributed by atoms with Crippen LogP contribution in [0.4, 0.5) is 8.78 Å². The van der Waals surface area contributed by atoms with Crippen LogP contribution in [0.1, 0.15) is 61.8 Å². The van der Waals surface area contributed by atoms with E-state index in [1.807, 2.05) is 26.8 Å². The van der Waals surface area contributed by atoms with Crippen LogP contribution in [0.3, 0.4) is 0 Å². The van der Waals surface area contributed by atoms with Crippen LogP contribution in [0.2, 0.25) is 0 Å².